The summed E-state index contributed by atoms with van der Waals surface area (Å²) in [5.41, 5.74) is 10.7. The molecule has 0 fully saturated rings. The highest BCUT2D eigenvalue weighted by Crippen LogP contribution is 2.21. The molecule has 0 saturated heterocycles. The van der Waals surface area contributed by atoms with Gasteiger partial charge in [-0.3, -0.25) is 4.21 Å². The molecule has 2 N–H and O–H groups in total. The van der Waals surface area contributed by atoms with E-state index in [1.807, 2.05) is 13.8 Å². The van der Waals surface area contributed by atoms with E-state index in [2.05, 4.69) is 18.2 Å². The molecule has 0 saturated carbocycles. The smallest absolute Gasteiger partial charge is 0.0504 e. The lowest BCUT2D eigenvalue weighted by atomic mass is 10.1. The van der Waals surface area contributed by atoms with Crippen molar-refractivity contribution >= 4 is 28.1 Å². The Kier molecular flexibility index (Phi) is 4.84. The Morgan fingerprint density at radius 3 is 2.35 bits per heavy atom. The van der Waals surface area contributed by atoms with Gasteiger partial charge in [-0.15, -0.1) is 0 Å². The van der Waals surface area contributed by atoms with Crippen LogP contribution in [0.1, 0.15) is 22.3 Å². The van der Waals surface area contributed by atoms with Gasteiger partial charge in [-0.1, -0.05) is 40.9 Å². The normalized spacial score (nSPS) is 12.3. The molecule has 2 aromatic rings. The van der Waals surface area contributed by atoms with Gasteiger partial charge in [0.15, 0.2) is 0 Å². The third kappa shape index (κ3) is 4.09. The fraction of sp³-hybridized carbons (Fsp3) is 0.250. The molecule has 106 valence electrons. The lowest BCUT2D eigenvalue weighted by Gasteiger charge is -2.07. The predicted molar refractivity (Wildman–Crippen MR) is 87.3 cm³/mol. The molecule has 1 unspecified atom stereocenters. The van der Waals surface area contributed by atoms with E-state index < -0.39 is 10.8 Å². The summed E-state index contributed by atoms with van der Waals surface area (Å²) in [6, 6.07) is 11.6. The zero-order valence-electron chi connectivity index (χ0n) is 11.7. The number of hydrogen-bond acceptors (Lipinski definition) is 2. The Bertz CT molecular complexity index is 635. The van der Waals surface area contributed by atoms with Gasteiger partial charge in [0.25, 0.3) is 0 Å². The van der Waals surface area contributed by atoms with Gasteiger partial charge in [-0.25, -0.2) is 0 Å². The number of benzene rings is 2. The second kappa shape index (κ2) is 6.42. The summed E-state index contributed by atoms with van der Waals surface area (Å²) < 4.78 is 12.3. The van der Waals surface area contributed by atoms with Crippen molar-refractivity contribution in [2.75, 3.05) is 5.73 Å². The minimum absolute atomic E-state index is 0.427. The predicted octanol–water partition coefficient (Wildman–Crippen LogP) is 3.99. The van der Waals surface area contributed by atoms with Crippen molar-refractivity contribution in [3.05, 3.63) is 63.7 Å². The van der Waals surface area contributed by atoms with Gasteiger partial charge in [0.05, 0.1) is 5.75 Å². The van der Waals surface area contributed by atoms with Gasteiger partial charge < -0.3 is 5.73 Å². The Hall–Kier alpha value is -1.32. The lowest BCUT2D eigenvalue weighted by Crippen LogP contribution is -2.01. The first-order chi connectivity index (χ1) is 9.44. The maximum absolute atomic E-state index is 12.3. The molecule has 0 amide bonds. The zero-order valence-corrected chi connectivity index (χ0v) is 13.2. The maximum Gasteiger partial charge on any atom is 0.0504 e. The highest BCUT2D eigenvalue weighted by atomic mass is 35.5. The summed E-state index contributed by atoms with van der Waals surface area (Å²) in [6.45, 7) is 4.10. The van der Waals surface area contributed by atoms with Crippen molar-refractivity contribution in [3.63, 3.8) is 0 Å². The highest BCUT2D eigenvalue weighted by Gasteiger charge is 2.08. The minimum Gasteiger partial charge on any atom is -0.399 e. The van der Waals surface area contributed by atoms with Crippen LogP contribution in [0, 0.1) is 13.8 Å². The van der Waals surface area contributed by atoms with Crippen molar-refractivity contribution < 1.29 is 4.21 Å². The van der Waals surface area contributed by atoms with Crippen LogP contribution in [0.15, 0.2) is 36.4 Å². The molecule has 0 radical (unpaired) electrons. The van der Waals surface area contributed by atoms with E-state index in [1.165, 1.54) is 11.1 Å². The third-order valence-corrected chi connectivity index (χ3v) is 4.65. The van der Waals surface area contributed by atoms with Crippen LogP contribution in [0.25, 0.3) is 0 Å². The van der Waals surface area contributed by atoms with Crippen LogP contribution in [0.4, 0.5) is 5.69 Å². The number of nitrogens with two attached hydrogens (primary N) is 1. The van der Waals surface area contributed by atoms with Crippen LogP contribution in [0.2, 0.25) is 5.02 Å². The monoisotopic (exact) mass is 307 g/mol. The van der Waals surface area contributed by atoms with E-state index in [-0.39, 0.29) is 0 Å². The van der Waals surface area contributed by atoms with E-state index in [9.17, 15) is 4.21 Å². The first-order valence-electron chi connectivity index (χ1n) is 6.40. The Labute approximate surface area is 127 Å². The summed E-state index contributed by atoms with van der Waals surface area (Å²) in [7, 11) is -0.997. The lowest BCUT2D eigenvalue weighted by molar-refractivity contribution is 0.682. The van der Waals surface area contributed by atoms with Gasteiger partial charge in [0, 0.05) is 27.3 Å². The average Bonchev–Trinajstić information content (AvgIpc) is 2.32. The van der Waals surface area contributed by atoms with Crippen molar-refractivity contribution in [1.82, 2.24) is 0 Å². The molecule has 2 nitrogen and oxygen atoms in total. The van der Waals surface area contributed by atoms with Crippen LogP contribution in [-0.2, 0) is 22.3 Å². The largest absolute Gasteiger partial charge is 0.399 e. The SMILES string of the molecule is Cc1cc(C)cc(CS(=O)Cc2cc(N)ccc2Cl)c1. The number of rotatable bonds is 4. The molecule has 1 atom stereocenters. The first kappa shape index (κ1) is 15.1. The van der Waals surface area contributed by atoms with Gasteiger partial charge in [-0.05, 0) is 43.2 Å². The molecular weight excluding hydrogens is 290 g/mol. The van der Waals surface area contributed by atoms with Gasteiger partial charge >= 0.3 is 0 Å². The van der Waals surface area contributed by atoms with Crippen LogP contribution < -0.4 is 5.73 Å². The number of anilines is 1. The molecule has 0 aliphatic heterocycles. The number of halogens is 1. The highest BCUT2D eigenvalue weighted by molar-refractivity contribution is 7.83. The summed E-state index contributed by atoms with van der Waals surface area (Å²) in [4.78, 5) is 0. The number of nitrogen functional groups attached to an aromatic ring is 1. The van der Waals surface area contributed by atoms with E-state index >= 15 is 0 Å². The zero-order chi connectivity index (χ0) is 14.7. The maximum atomic E-state index is 12.3. The molecule has 0 aromatic heterocycles. The summed E-state index contributed by atoms with van der Waals surface area (Å²) in [5.74, 6) is 0.963. The molecule has 0 heterocycles. The van der Waals surface area contributed by atoms with Gasteiger partial charge in [0.1, 0.15) is 0 Å². The summed E-state index contributed by atoms with van der Waals surface area (Å²) in [5, 5.41) is 0.618. The number of hydrogen-bond donors (Lipinski definition) is 1. The van der Waals surface area contributed by atoms with Crippen molar-refractivity contribution in [2.24, 2.45) is 0 Å². The molecule has 0 aliphatic carbocycles. The Morgan fingerprint density at radius 1 is 1.05 bits per heavy atom. The molecule has 0 aliphatic rings. The van der Waals surface area contributed by atoms with Crippen LogP contribution in [0.3, 0.4) is 0 Å². The quantitative estimate of drug-likeness (QED) is 0.868. The Balaban J connectivity index is 2.11. The fourth-order valence-electron chi connectivity index (χ4n) is 2.27. The van der Waals surface area contributed by atoms with Crippen LogP contribution in [0.5, 0.6) is 0 Å². The molecule has 0 bridgehead atoms. The Morgan fingerprint density at radius 2 is 1.70 bits per heavy atom. The van der Waals surface area contributed by atoms with Crippen molar-refractivity contribution in [1.29, 1.82) is 0 Å². The average molecular weight is 308 g/mol. The molecule has 4 heteroatoms. The minimum atomic E-state index is -0.997. The van der Waals surface area contributed by atoms with Gasteiger partial charge in [0.2, 0.25) is 0 Å². The molecular formula is C16H18ClNOS. The summed E-state index contributed by atoms with van der Waals surface area (Å²) in [6.07, 6.45) is 0. The fourth-order valence-corrected chi connectivity index (χ4v) is 3.76. The number of aryl methyl sites for hydroxylation is 2. The van der Waals surface area contributed by atoms with Crippen LogP contribution in [-0.4, -0.2) is 4.21 Å². The second-order valence-corrected chi connectivity index (χ2v) is 6.94. The first-order valence-corrected chi connectivity index (χ1v) is 8.26. The van der Waals surface area contributed by atoms with Gasteiger partial charge in [-0.2, -0.15) is 0 Å². The van der Waals surface area contributed by atoms with Crippen LogP contribution >= 0.6 is 11.6 Å². The van der Waals surface area contributed by atoms with Crippen molar-refractivity contribution in [3.8, 4) is 0 Å². The van der Waals surface area contributed by atoms with Crippen molar-refractivity contribution in [2.45, 2.75) is 25.4 Å². The van der Waals surface area contributed by atoms with E-state index in [1.54, 1.807) is 18.2 Å². The second-order valence-electron chi connectivity index (χ2n) is 5.08. The molecule has 0 spiro atoms. The third-order valence-electron chi connectivity index (χ3n) is 3.00. The van der Waals surface area contributed by atoms with E-state index in [0.717, 1.165) is 11.1 Å². The molecule has 2 rings (SSSR count). The molecule has 2 aromatic carbocycles. The topological polar surface area (TPSA) is 43.1 Å². The molecule has 20 heavy (non-hydrogen) atoms. The van der Waals surface area contributed by atoms with E-state index in [4.69, 9.17) is 17.3 Å². The standard InChI is InChI=1S/C16H18ClNOS/c1-11-5-12(2)7-13(6-11)9-20(19)10-14-8-15(18)3-4-16(14)17/h3-8H,9-10,18H2,1-2H3. The summed E-state index contributed by atoms with van der Waals surface area (Å²) >= 11 is 6.10. The van der Waals surface area contributed by atoms with E-state index in [0.29, 0.717) is 22.2 Å².